The van der Waals surface area contributed by atoms with Gasteiger partial charge in [-0.3, -0.25) is 9.58 Å². The van der Waals surface area contributed by atoms with Crippen LogP contribution in [0.1, 0.15) is 65.2 Å². The van der Waals surface area contributed by atoms with Crippen molar-refractivity contribution in [2.75, 3.05) is 54.9 Å². The van der Waals surface area contributed by atoms with Gasteiger partial charge in [-0.05, 0) is 57.2 Å². The summed E-state index contributed by atoms with van der Waals surface area (Å²) in [6.07, 6.45) is 3.99. The van der Waals surface area contributed by atoms with Gasteiger partial charge in [0.05, 0.1) is 23.3 Å². The number of hydrogen-bond donors (Lipinski definition) is 1. The number of thiophene rings is 1. The number of ether oxygens (including phenoxy) is 1. The summed E-state index contributed by atoms with van der Waals surface area (Å²) >= 11 is 1.51. The fraction of sp³-hybridized carbons (Fsp3) is 0.545. The van der Waals surface area contributed by atoms with Gasteiger partial charge in [-0.2, -0.15) is 30.6 Å². The number of aromatic nitrogens is 6. The van der Waals surface area contributed by atoms with E-state index in [0.29, 0.717) is 90.9 Å². The van der Waals surface area contributed by atoms with Crippen molar-refractivity contribution in [2.24, 2.45) is 0 Å². The molecule has 0 aromatic carbocycles. The number of fused-ring (bicyclic) bond motifs is 4. The molecule has 9 rings (SSSR count). The Morgan fingerprint density at radius 3 is 2.67 bits per heavy atom. The zero-order chi connectivity index (χ0) is 33.5. The fourth-order valence-electron chi connectivity index (χ4n) is 8.81. The van der Waals surface area contributed by atoms with Crippen molar-refractivity contribution < 1.29 is 13.7 Å². The molecule has 0 saturated carbocycles. The molecule has 0 amide bonds. The lowest BCUT2D eigenvalue weighted by atomic mass is 9.74. The van der Waals surface area contributed by atoms with Crippen molar-refractivity contribution in [3.63, 3.8) is 0 Å². The third-order valence-electron chi connectivity index (χ3n) is 11.0. The summed E-state index contributed by atoms with van der Waals surface area (Å²) in [5.74, 6) is 1.90. The molecule has 2 N–H and O–H groups in total. The van der Waals surface area contributed by atoms with E-state index in [-0.39, 0.29) is 23.6 Å². The van der Waals surface area contributed by atoms with E-state index in [2.05, 4.69) is 37.0 Å². The first kappa shape index (κ1) is 30.3. The Balaban J connectivity index is 1.07. The molecule has 16 heteroatoms. The third kappa shape index (κ3) is 4.75. The second kappa shape index (κ2) is 11.1. The Bertz CT molecular complexity index is 2050. The smallest absolute Gasteiger partial charge is 0.320 e. The van der Waals surface area contributed by atoms with Crippen LogP contribution in [0.3, 0.4) is 0 Å². The number of halogens is 1. The number of anilines is 3. The fourth-order valence-corrected chi connectivity index (χ4v) is 9.95. The van der Waals surface area contributed by atoms with Gasteiger partial charge in [-0.1, -0.05) is 5.16 Å². The Hall–Kier alpha value is -4.80. The van der Waals surface area contributed by atoms with E-state index in [1.54, 1.807) is 6.92 Å². The molecular formula is C33H35FN12O2S. The zero-order valence-electron chi connectivity index (χ0n) is 27.2. The highest BCUT2D eigenvalue weighted by Crippen LogP contribution is 2.53. The van der Waals surface area contributed by atoms with Crippen LogP contribution in [0, 0.1) is 29.6 Å². The second-order valence-electron chi connectivity index (χ2n) is 14.1. The average molecular weight is 683 g/mol. The molecule has 0 unspecified atom stereocenters. The van der Waals surface area contributed by atoms with Crippen LogP contribution < -0.4 is 20.3 Å². The van der Waals surface area contributed by atoms with E-state index in [4.69, 9.17) is 30.1 Å². The number of aryl methyl sites for hydroxylation is 3. The molecular weight excluding hydrogens is 648 g/mol. The van der Waals surface area contributed by atoms with Crippen molar-refractivity contribution >= 4 is 28.0 Å². The number of nitrogens with two attached hydrogens (primary N) is 1. The van der Waals surface area contributed by atoms with Gasteiger partial charge in [0.1, 0.15) is 35.5 Å². The zero-order valence-corrected chi connectivity index (χ0v) is 28.0. The van der Waals surface area contributed by atoms with E-state index in [0.717, 1.165) is 49.9 Å². The van der Waals surface area contributed by atoms with E-state index < -0.39 is 6.17 Å². The van der Waals surface area contributed by atoms with Crippen LogP contribution in [-0.2, 0) is 24.9 Å². The number of hydrogen-bond acceptors (Lipinski definition) is 14. The van der Waals surface area contributed by atoms with Crippen molar-refractivity contribution in [3.8, 4) is 29.7 Å². The molecule has 5 aliphatic rings. The summed E-state index contributed by atoms with van der Waals surface area (Å²) in [6, 6.07) is 6.89. The standard InChI is InChI=1S/C33H35FN12O2S/c1-19-38-30(48-42-19)24-10-21-15-43(7-3-9-46(21)41-24)28-23(13-36)29(40-31(39-28)47-18-33-5-2-8-45(33)14-20(34)11-33)44-16-32(17-44)6-4-25-26(32)22(12-35)27(37)49-25/h10,20H,2-9,11,14-18,37H2,1H3/t20-,33+/m1/s1. The van der Waals surface area contributed by atoms with Crippen molar-refractivity contribution in [2.45, 2.75) is 75.7 Å². The molecule has 4 aromatic heterocycles. The molecule has 3 fully saturated rings. The van der Waals surface area contributed by atoms with Gasteiger partial charge in [0.15, 0.2) is 23.2 Å². The lowest BCUT2D eigenvalue weighted by molar-refractivity contribution is 0.107. The van der Waals surface area contributed by atoms with Gasteiger partial charge in [0.25, 0.3) is 5.89 Å². The highest BCUT2D eigenvalue weighted by Gasteiger charge is 2.53. The van der Waals surface area contributed by atoms with E-state index in [1.165, 1.54) is 16.2 Å². The second-order valence-corrected chi connectivity index (χ2v) is 15.2. The highest BCUT2D eigenvalue weighted by atomic mass is 32.1. The predicted molar refractivity (Wildman–Crippen MR) is 177 cm³/mol. The Kier molecular flexibility index (Phi) is 6.87. The van der Waals surface area contributed by atoms with E-state index in [1.807, 2.05) is 10.7 Å². The SMILES string of the molecule is Cc1noc(-c2cc3n(n2)CCCN(c2nc(OC[C@@]45CCCN4C[C@H](F)C5)nc(N4CC5(CCc6sc(N)c(C#N)c65)C4)c2C#N)C3)n1. The normalized spacial score (nSPS) is 23.9. The minimum absolute atomic E-state index is 0.179. The topological polar surface area (TPSA) is 175 Å². The number of alkyl halides is 1. The monoisotopic (exact) mass is 682 g/mol. The van der Waals surface area contributed by atoms with Gasteiger partial charge in [0, 0.05) is 49.4 Å². The summed E-state index contributed by atoms with van der Waals surface area (Å²) in [5, 5.41) is 29.8. The van der Waals surface area contributed by atoms with E-state index in [9.17, 15) is 14.9 Å². The molecule has 2 atom stereocenters. The summed E-state index contributed by atoms with van der Waals surface area (Å²) in [7, 11) is 0. The minimum Gasteiger partial charge on any atom is -0.461 e. The molecule has 0 radical (unpaired) electrons. The predicted octanol–water partition coefficient (Wildman–Crippen LogP) is 3.49. The first-order chi connectivity index (χ1) is 23.8. The lowest BCUT2D eigenvalue weighted by Crippen LogP contribution is -2.59. The maximum absolute atomic E-state index is 14.6. The lowest BCUT2D eigenvalue weighted by Gasteiger charge is -2.49. The highest BCUT2D eigenvalue weighted by molar-refractivity contribution is 7.16. The maximum atomic E-state index is 14.6. The molecule has 4 aromatic rings. The van der Waals surface area contributed by atoms with Crippen molar-refractivity contribution in [3.05, 3.63) is 39.2 Å². The van der Waals surface area contributed by atoms with Crippen LogP contribution in [-0.4, -0.2) is 85.8 Å². The van der Waals surface area contributed by atoms with Crippen molar-refractivity contribution in [1.29, 1.82) is 10.5 Å². The molecule has 3 saturated heterocycles. The molecule has 1 aliphatic carbocycles. The minimum atomic E-state index is -0.877. The number of rotatable bonds is 6. The van der Waals surface area contributed by atoms with Crippen LogP contribution in [0.5, 0.6) is 6.01 Å². The van der Waals surface area contributed by atoms with Gasteiger partial charge < -0.3 is 24.8 Å². The molecule has 4 aliphatic heterocycles. The molecule has 8 heterocycles. The van der Waals surface area contributed by atoms with Gasteiger partial charge in [-0.25, -0.2) is 4.39 Å². The summed E-state index contributed by atoms with van der Waals surface area (Å²) in [5.41, 5.74) is 9.20. The van der Waals surface area contributed by atoms with Crippen LogP contribution in [0.25, 0.3) is 11.6 Å². The Labute approximate surface area is 285 Å². The van der Waals surface area contributed by atoms with E-state index >= 15 is 0 Å². The molecule has 1 spiro atoms. The van der Waals surface area contributed by atoms with Crippen molar-refractivity contribution in [1.82, 2.24) is 34.8 Å². The number of nitrogen functional groups attached to an aromatic ring is 1. The van der Waals surface area contributed by atoms with Crippen LogP contribution in [0.15, 0.2) is 10.6 Å². The van der Waals surface area contributed by atoms with Crippen LogP contribution in [0.4, 0.5) is 21.0 Å². The third-order valence-corrected chi connectivity index (χ3v) is 12.1. The van der Waals surface area contributed by atoms with Crippen LogP contribution in [0.2, 0.25) is 0 Å². The molecule has 0 bridgehead atoms. The Morgan fingerprint density at radius 1 is 1.08 bits per heavy atom. The van der Waals surface area contributed by atoms with Gasteiger partial charge in [0.2, 0.25) is 0 Å². The summed E-state index contributed by atoms with van der Waals surface area (Å²) in [6.45, 7) is 6.30. The quantitative estimate of drug-likeness (QED) is 0.313. The molecule has 49 heavy (non-hydrogen) atoms. The number of nitriles is 2. The first-order valence-electron chi connectivity index (χ1n) is 16.8. The summed E-state index contributed by atoms with van der Waals surface area (Å²) < 4.78 is 28.3. The van der Waals surface area contributed by atoms with Gasteiger partial charge >= 0.3 is 6.01 Å². The molecule has 252 valence electrons. The largest absolute Gasteiger partial charge is 0.461 e. The first-order valence-corrected chi connectivity index (χ1v) is 17.6. The summed E-state index contributed by atoms with van der Waals surface area (Å²) in [4.78, 5) is 21.7. The van der Waals surface area contributed by atoms with Crippen LogP contribution >= 0.6 is 11.3 Å². The average Bonchev–Trinajstić information content (AvgIpc) is 3.90. The number of nitrogens with zero attached hydrogens (tertiary/aromatic N) is 11. The Morgan fingerprint density at radius 2 is 1.90 bits per heavy atom. The molecule has 14 nitrogen and oxygen atoms in total. The van der Waals surface area contributed by atoms with Gasteiger partial charge in [-0.15, -0.1) is 11.3 Å². The maximum Gasteiger partial charge on any atom is 0.320 e.